The van der Waals surface area contributed by atoms with E-state index in [-0.39, 0.29) is 6.10 Å². The number of rotatable bonds is 5. The van der Waals surface area contributed by atoms with Crippen molar-refractivity contribution in [1.82, 2.24) is 19.7 Å². The highest BCUT2D eigenvalue weighted by Gasteiger charge is 2.23. The van der Waals surface area contributed by atoms with Crippen LogP contribution >= 0.6 is 0 Å². The van der Waals surface area contributed by atoms with Crippen molar-refractivity contribution in [1.29, 1.82) is 0 Å². The summed E-state index contributed by atoms with van der Waals surface area (Å²) >= 11 is 0. The zero-order valence-corrected chi connectivity index (χ0v) is 13.1. The molecule has 0 unspecified atom stereocenters. The molecule has 3 heterocycles. The van der Waals surface area contributed by atoms with Crippen molar-refractivity contribution in [3.8, 4) is 5.75 Å². The predicted molar refractivity (Wildman–Crippen MR) is 82.7 cm³/mol. The summed E-state index contributed by atoms with van der Waals surface area (Å²) in [7, 11) is 1.68. The SMILES string of the molecule is CCn1cc([C@@H]2CN(Cc3cc(OC)ccn3)CCO2)cn1. The van der Waals surface area contributed by atoms with Crippen molar-refractivity contribution in [2.45, 2.75) is 26.1 Å². The molecule has 0 N–H and O–H groups in total. The first-order valence-corrected chi connectivity index (χ1v) is 7.63. The van der Waals surface area contributed by atoms with Gasteiger partial charge in [0.25, 0.3) is 0 Å². The van der Waals surface area contributed by atoms with Gasteiger partial charge in [-0.1, -0.05) is 0 Å². The molecule has 6 nitrogen and oxygen atoms in total. The Kier molecular flexibility index (Phi) is 4.70. The summed E-state index contributed by atoms with van der Waals surface area (Å²) in [6.45, 7) is 6.26. The second-order valence-corrected chi connectivity index (χ2v) is 5.41. The average Bonchev–Trinajstić information content (AvgIpc) is 3.04. The number of aromatic nitrogens is 3. The number of hydrogen-bond donors (Lipinski definition) is 0. The van der Waals surface area contributed by atoms with Gasteiger partial charge < -0.3 is 9.47 Å². The van der Waals surface area contributed by atoms with Crippen molar-refractivity contribution < 1.29 is 9.47 Å². The van der Waals surface area contributed by atoms with E-state index in [9.17, 15) is 0 Å². The third-order valence-electron chi connectivity index (χ3n) is 3.91. The summed E-state index contributed by atoms with van der Waals surface area (Å²) < 4.78 is 13.1. The van der Waals surface area contributed by atoms with E-state index >= 15 is 0 Å². The highest BCUT2D eigenvalue weighted by molar-refractivity contribution is 5.22. The second-order valence-electron chi connectivity index (χ2n) is 5.41. The molecule has 1 aliphatic heterocycles. The molecule has 0 radical (unpaired) electrons. The minimum Gasteiger partial charge on any atom is -0.497 e. The Morgan fingerprint density at radius 1 is 1.45 bits per heavy atom. The Labute approximate surface area is 130 Å². The summed E-state index contributed by atoms with van der Waals surface area (Å²) in [6.07, 6.45) is 5.84. The maximum Gasteiger partial charge on any atom is 0.122 e. The summed E-state index contributed by atoms with van der Waals surface area (Å²) in [5.74, 6) is 0.846. The highest BCUT2D eigenvalue weighted by atomic mass is 16.5. The zero-order chi connectivity index (χ0) is 15.4. The van der Waals surface area contributed by atoms with Crippen LogP contribution in [0, 0.1) is 0 Å². The first kappa shape index (κ1) is 15.0. The van der Waals surface area contributed by atoms with Crippen LogP contribution in [0.5, 0.6) is 5.75 Å². The van der Waals surface area contributed by atoms with Crippen molar-refractivity contribution >= 4 is 0 Å². The molecule has 2 aromatic heterocycles. The molecule has 3 rings (SSSR count). The van der Waals surface area contributed by atoms with Crippen LogP contribution in [-0.2, 0) is 17.8 Å². The van der Waals surface area contributed by atoms with Crippen molar-refractivity contribution in [2.24, 2.45) is 0 Å². The number of pyridine rings is 1. The van der Waals surface area contributed by atoms with Crippen LogP contribution in [0.1, 0.15) is 24.3 Å². The molecule has 0 aliphatic carbocycles. The molecule has 118 valence electrons. The number of methoxy groups -OCH3 is 1. The maximum atomic E-state index is 5.89. The Bertz CT molecular complexity index is 614. The number of ether oxygens (including phenoxy) is 2. The standard InChI is InChI=1S/C16H22N4O2/c1-3-20-10-13(9-18-20)16-12-19(6-7-22-16)11-14-8-15(21-2)4-5-17-14/h4-5,8-10,16H,3,6-7,11-12H2,1-2H3/t16-/m0/s1. The zero-order valence-electron chi connectivity index (χ0n) is 13.1. The first-order valence-electron chi connectivity index (χ1n) is 7.63. The molecule has 0 aromatic carbocycles. The van der Waals surface area contributed by atoms with E-state index in [1.807, 2.05) is 23.0 Å². The van der Waals surface area contributed by atoms with Gasteiger partial charge in [-0.2, -0.15) is 5.10 Å². The van der Waals surface area contributed by atoms with Crippen molar-refractivity contribution in [3.63, 3.8) is 0 Å². The molecule has 1 atom stereocenters. The smallest absolute Gasteiger partial charge is 0.122 e. The third-order valence-corrected chi connectivity index (χ3v) is 3.91. The molecular formula is C16H22N4O2. The lowest BCUT2D eigenvalue weighted by Crippen LogP contribution is -2.37. The minimum absolute atomic E-state index is 0.0830. The minimum atomic E-state index is 0.0830. The molecule has 0 spiro atoms. The Hall–Kier alpha value is -1.92. The third kappa shape index (κ3) is 3.45. The molecule has 22 heavy (non-hydrogen) atoms. The van der Waals surface area contributed by atoms with Crippen LogP contribution in [-0.4, -0.2) is 46.5 Å². The second kappa shape index (κ2) is 6.89. The van der Waals surface area contributed by atoms with Gasteiger partial charge in [0.15, 0.2) is 0 Å². The van der Waals surface area contributed by atoms with E-state index in [0.29, 0.717) is 0 Å². The van der Waals surface area contributed by atoms with Gasteiger partial charge in [-0.05, 0) is 13.0 Å². The van der Waals surface area contributed by atoms with Gasteiger partial charge in [0.05, 0.1) is 31.7 Å². The molecule has 1 aliphatic rings. The first-order chi connectivity index (χ1) is 10.8. The van der Waals surface area contributed by atoms with E-state index in [1.54, 1.807) is 13.3 Å². The lowest BCUT2D eigenvalue weighted by atomic mass is 10.1. The van der Waals surface area contributed by atoms with Gasteiger partial charge in [-0.25, -0.2) is 0 Å². The van der Waals surface area contributed by atoms with Gasteiger partial charge in [0, 0.05) is 50.2 Å². The van der Waals surface area contributed by atoms with Gasteiger partial charge >= 0.3 is 0 Å². The topological polar surface area (TPSA) is 52.4 Å². The van der Waals surface area contributed by atoms with Gasteiger partial charge in [-0.15, -0.1) is 0 Å². The monoisotopic (exact) mass is 302 g/mol. The fourth-order valence-electron chi connectivity index (χ4n) is 2.67. The van der Waals surface area contributed by atoms with Crippen molar-refractivity contribution in [2.75, 3.05) is 26.8 Å². The molecular weight excluding hydrogens is 280 g/mol. The van der Waals surface area contributed by atoms with Gasteiger partial charge in [0.2, 0.25) is 0 Å². The molecule has 1 fully saturated rings. The molecule has 0 bridgehead atoms. The Balaban J connectivity index is 1.65. The fraction of sp³-hybridized carbons (Fsp3) is 0.500. The Morgan fingerprint density at radius 2 is 2.36 bits per heavy atom. The fourth-order valence-corrected chi connectivity index (χ4v) is 2.67. The van der Waals surface area contributed by atoms with E-state index in [1.165, 1.54) is 0 Å². The average molecular weight is 302 g/mol. The molecule has 0 saturated carbocycles. The number of aryl methyl sites for hydroxylation is 1. The van der Waals surface area contributed by atoms with Crippen LogP contribution in [0.15, 0.2) is 30.7 Å². The normalized spacial score (nSPS) is 19.3. The van der Waals surface area contributed by atoms with Crippen LogP contribution in [0.2, 0.25) is 0 Å². The van der Waals surface area contributed by atoms with E-state index < -0.39 is 0 Å². The lowest BCUT2D eigenvalue weighted by Gasteiger charge is -2.32. The summed E-state index contributed by atoms with van der Waals surface area (Å²) in [6, 6.07) is 3.85. The molecule has 0 amide bonds. The summed E-state index contributed by atoms with van der Waals surface area (Å²) in [5, 5.41) is 4.33. The highest BCUT2D eigenvalue weighted by Crippen LogP contribution is 2.23. The van der Waals surface area contributed by atoms with E-state index in [0.717, 1.165) is 49.8 Å². The number of morpholine rings is 1. The number of nitrogens with zero attached hydrogens (tertiary/aromatic N) is 4. The van der Waals surface area contributed by atoms with Crippen molar-refractivity contribution in [3.05, 3.63) is 42.0 Å². The van der Waals surface area contributed by atoms with E-state index in [2.05, 4.69) is 28.1 Å². The van der Waals surface area contributed by atoms with Crippen LogP contribution in [0.3, 0.4) is 0 Å². The number of hydrogen-bond acceptors (Lipinski definition) is 5. The van der Waals surface area contributed by atoms with Gasteiger partial charge in [0.1, 0.15) is 5.75 Å². The lowest BCUT2D eigenvalue weighted by molar-refractivity contribution is -0.0333. The van der Waals surface area contributed by atoms with Crippen LogP contribution < -0.4 is 4.74 Å². The predicted octanol–water partition coefficient (Wildman–Crippen LogP) is 1.88. The Morgan fingerprint density at radius 3 is 3.14 bits per heavy atom. The quantitative estimate of drug-likeness (QED) is 0.844. The van der Waals surface area contributed by atoms with E-state index in [4.69, 9.17) is 9.47 Å². The van der Waals surface area contributed by atoms with Crippen LogP contribution in [0.4, 0.5) is 0 Å². The largest absolute Gasteiger partial charge is 0.497 e. The molecule has 6 heteroatoms. The molecule has 1 saturated heterocycles. The molecule has 2 aromatic rings. The van der Waals surface area contributed by atoms with Gasteiger partial charge in [-0.3, -0.25) is 14.6 Å². The van der Waals surface area contributed by atoms with Crippen LogP contribution in [0.25, 0.3) is 0 Å². The summed E-state index contributed by atoms with van der Waals surface area (Å²) in [5.41, 5.74) is 2.16. The maximum absolute atomic E-state index is 5.89. The summed E-state index contributed by atoms with van der Waals surface area (Å²) in [4.78, 5) is 6.78.